The minimum atomic E-state index is 0.419. The Morgan fingerprint density at radius 1 is 1.52 bits per heavy atom. The molecule has 1 N–H and O–H groups in total. The molecule has 0 radical (unpaired) electrons. The molecule has 1 aromatic rings. The molecule has 0 aliphatic rings. The summed E-state index contributed by atoms with van der Waals surface area (Å²) in [5.74, 6) is 1.29. The predicted octanol–water partition coefficient (Wildman–Crippen LogP) is 1.59. The minimum absolute atomic E-state index is 0.419. The second kappa shape index (κ2) is 8.67. The molecule has 6 heteroatoms. The van der Waals surface area contributed by atoms with Crippen LogP contribution in [0.3, 0.4) is 0 Å². The van der Waals surface area contributed by atoms with Gasteiger partial charge in [-0.1, -0.05) is 13.8 Å². The summed E-state index contributed by atoms with van der Waals surface area (Å²) in [6, 6.07) is 0. The standard InChI is InChI=1S/C15H29N5O/c1-7-21-9-8-17-15(16-4)19(5)10-13-11-20(6)18-14(13)12(2)3/h11-12H,7-10H2,1-6H3,(H,16,17). The highest BCUT2D eigenvalue weighted by atomic mass is 16.5. The van der Waals surface area contributed by atoms with E-state index in [0.717, 1.165) is 31.3 Å². The number of rotatable bonds is 7. The van der Waals surface area contributed by atoms with Crippen LogP contribution in [0.2, 0.25) is 0 Å². The predicted molar refractivity (Wildman–Crippen MR) is 86.6 cm³/mol. The van der Waals surface area contributed by atoms with Crippen LogP contribution >= 0.6 is 0 Å². The number of hydrogen-bond donors (Lipinski definition) is 1. The number of nitrogens with one attached hydrogen (secondary N) is 1. The zero-order valence-electron chi connectivity index (χ0n) is 14.2. The summed E-state index contributed by atoms with van der Waals surface area (Å²) in [6.07, 6.45) is 2.08. The SMILES string of the molecule is CCOCCNC(=NC)N(C)Cc1cn(C)nc1C(C)C. The van der Waals surface area contributed by atoms with Crippen molar-refractivity contribution in [1.82, 2.24) is 20.0 Å². The number of aryl methyl sites for hydroxylation is 1. The van der Waals surface area contributed by atoms with E-state index in [-0.39, 0.29) is 0 Å². The Labute approximate surface area is 128 Å². The van der Waals surface area contributed by atoms with E-state index in [0.29, 0.717) is 12.5 Å². The largest absolute Gasteiger partial charge is 0.380 e. The molecule has 6 nitrogen and oxygen atoms in total. The van der Waals surface area contributed by atoms with Gasteiger partial charge >= 0.3 is 0 Å². The van der Waals surface area contributed by atoms with Crippen LogP contribution in [0, 0.1) is 0 Å². The van der Waals surface area contributed by atoms with Crippen molar-refractivity contribution in [2.75, 3.05) is 33.9 Å². The molecular formula is C15H29N5O. The fourth-order valence-corrected chi connectivity index (χ4v) is 2.26. The van der Waals surface area contributed by atoms with E-state index in [1.807, 2.05) is 25.7 Å². The van der Waals surface area contributed by atoms with Gasteiger partial charge < -0.3 is 15.0 Å². The van der Waals surface area contributed by atoms with Gasteiger partial charge in [-0.3, -0.25) is 9.67 Å². The summed E-state index contributed by atoms with van der Waals surface area (Å²) in [5, 5.41) is 7.85. The minimum Gasteiger partial charge on any atom is -0.380 e. The number of nitrogens with zero attached hydrogens (tertiary/aromatic N) is 4. The molecule has 0 aromatic carbocycles. The van der Waals surface area contributed by atoms with E-state index in [4.69, 9.17) is 4.74 Å². The van der Waals surface area contributed by atoms with E-state index >= 15 is 0 Å². The molecule has 0 atom stereocenters. The van der Waals surface area contributed by atoms with Gasteiger partial charge in [0.2, 0.25) is 0 Å². The number of aliphatic imine (C=N–C) groups is 1. The van der Waals surface area contributed by atoms with E-state index in [2.05, 4.69) is 40.4 Å². The van der Waals surface area contributed by atoms with Crippen LogP contribution in [-0.4, -0.2) is 54.5 Å². The van der Waals surface area contributed by atoms with Crippen LogP contribution in [0.15, 0.2) is 11.2 Å². The van der Waals surface area contributed by atoms with Gasteiger partial charge in [-0.2, -0.15) is 5.10 Å². The quantitative estimate of drug-likeness (QED) is 0.471. The first kappa shape index (κ1) is 17.5. The smallest absolute Gasteiger partial charge is 0.193 e. The maximum Gasteiger partial charge on any atom is 0.193 e. The molecule has 0 fully saturated rings. The summed E-state index contributed by atoms with van der Waals surface area (Å²) in [5.41, 5.74) is 2.39. The van der Waals surface area contributed by atoms with E-state index in [1.54, 1.807) is 7.05 Å². The van der Waals surface area contributed by atoms with Crippen LogP contribution in [0.5, 0.6) is 0 Å². The lowest BCUT2D eigenvalue weighted by atomic mass is 10.1. The molecule has 0 amide bonds. The van der Waals surface area contributed by atoms with E-state index in [1.165, 1.54) is 5.56 Å². The normalized spacial score (nSPS) is 12.0. The fourth-order valence-electron chi connectivity index (χ4n) is 2.26. The lowest BCUT2D eigenvalue weighted by Gasteiger charge is -2.22. The molecule has 1 aromatic heterocycles. The van der Waals surface area contributed by atoms with Crippen LogP contribution in [-0.2, 0) is 18.3 Å². The van der Waals surface area contributed by atoms with Crippen molar-refractivity contribution >= 4 is 5.96 Å². The lowest BCUT2D eigenvalue weighted by Crippen LogP contribution is -2.40. The zero-order valence-corrected chi connectivity index (χ0v) is 14.2. The van der Waals surface area contributed by atoms with Crippen LogP contribution in [0.4, 0.5) is 0 Å². The lowest BCUT2D eigenvalue weighted by molar-refractivity contribution is 0.152. The average Bonchev–Trinajstić information content (AvgIpc) is 2.79. The maximum atomic E-state index is 5.33. The Morgan fingerprint density at radius 2 is 2.24 bits per heavy atom. The summed E-state index contributed by atoms with van der Waals surface area (Å²) < 4.78 is 7.21. The fraction of sp³-hybridized carbons (Fsp3) is 0.733. The number of aromatic nitrogens is 2. The van der Waals surface area contributed by atoms with Crippen LogP contribution in [0.25, 0.3) is 0 Å². The summed E-state index contributed by atoms with van der Waals surface area (Å²) in [7, 11) is 5.80. The second-order valence-electron chi connectivity index (χ2n) is 5.39. The van der Waals surface area contributed by atoms with Crippen molar-refractivity contribution in [1.29, 1.82) is 0 Å². The van der Waals surface area contributed by atoms with Crippen molar-refractivity contribution in [3.05, 3.63) is 17.5 Å². The molecule has 0 spiro atoms. The Kier molecular flexibility index (Phi) is 7.22. The van der Waals surface area contributed by atoms with Gasteiger partial charge in [0, 0.05) is 52.6 Å². The molecule has 0 saturated carbocycles. The van der Waals surface area contributed by atoms with Gasteiger partial charge in [0.05, 0.1) is 12.3 Å². The first-order chi connectivity index (χ1) is 9.99. The first-order valence-electron chi connectivity index (χ1n) is 7.51. The molecule has 120 valence electrons. The van der Waals surface area contributed by atoms with Crippen molar-refractivity contribution in [2.24, 2.45) is 12.0 Å². The van der Waals surface area contributed by atoms with Gasteiger partial charge in [0.15, 0.2) is 5.96 Å². The first-order valence-corrected chi connectivity index (χ1v) is 7.51. The summed E-state index contributed by atoms with van der Waals surface area (Å²) in [6.45, 7) is 9.31. The second-order valence-corrected chi connectivity index (χ2v) is 5.39. The maximum absolute atomic E-state index is 5.33. The third-order valence-corrected chi connectivity index (χ3v) is 3.20. The molecular weight excluding hydrogens is 266 g/mol. The van der Waals surface area contributed by atoms with Crippen molar-refractivity contribution < 1.29 is 4.74 Å². The van der Waals surface area contributed by atoms with Gasteiger partial charge in [0.25, 0.3) is 0 Å². The highest BCUT2D eigenvalue weighted by Gasteiger charge is 2.14. The molecule has 0 aliphatic heterocycles. The molecule has 0 saturated heterocycles. The zero-order chi connectivity index (χ0) is 15.8. The third-order valence-electron chi connectivity index (χ3n) is 3.20. The Morgan fingerprint density at radius 3 is 2.81 bits per heavy atom. The summed E-state index contributed by atoms with van der Waals surface area (Å²) in [4.78, 5) is 6.42. The third kappa shape index (κ3) is 5.38. The number of guanidine groups is 1. The highest BCUT2D eigenvalue weighted by molar-refractivity contribution is 5.79. The van der Waals surface area contributed by atoms with E-state index < -0.39 is 0 Å². The molecule has 0 unspecified atom stereocenters. The molecule has 1 heterocycles. The highest BCUT2D eigenvalue weighted by Crippen LogP contribution is 2.18. The van der Waals surface area contributed by atoms with Crippen LogP contribution in [0.1, 0.15) is 37.9 Å². The van der Waals surface area contributed by atoms with E-state index in [9.17, 15) is 0 Å². The Balaban J connectivity index is 2.64. The topological polar surface area (TPSA) is 54.7 Å². The average molecular weight is 295 g/mol. The van der Waals surface area contributed by atoms with Gasteiger partial charge in [-0.05, 0) is 12.8 Å². The number of hydrogen-bond acceptors (Lipinski definition) is 3. The summed E-state index contributed by atoms with van der Waals surface area (Å²) >= 11 is 0. The van der Waals surface area contributed by atoms with Crippen molar-refractivity contribution in [3.63, 3.8) is 0 Å². The number of ether oxygens (including phenoxy) is 1. The van der Waals surface area contributed by atoms with Gasteiger partial charge in [-0.15, -0.1) is 0 Å². The molecule has 1 rings (SSSR count). The Hall–Kier alpha value is -1.56. The van der Waals surface area contributed by atoms with Crippen molar-refractivity contribution in [3.8, 4) is 0 Å². The molecule has 0 bridgehead atoms. The van der Waals surface area contributed by atoms with Gasteiger partial charge in [-0.25, -0.2) is 0 Å². The molecule has 0 aliphatic carbocycles. The van der Waals surface area contributed by atoms with Crippen molar-refractivity contribution in [2.45, 2.75) is 33.2 Å². The monoisotopic (exact) mass is 295 g/mol. The van der Waals surface area contributed by atoms with Crippen LogP contribution < -0.4 is 5.32 Å². The van der Waals surface area contributed by atoms with Gasteiger partial charge in [0.1, 0.15) is 0 Å². The molecule has 21 heavy (non-hydrogen) atoms. The Bertz CT molecular complexity index is 453.